The van der Waals surface area contributed by atoms with E-state index in [0.29, 0.717) is 43.3 Å². The van der Waals surface area contributed by atoms with Crippen LogP contribution in [0.5, 0.6) is 0 Å². The van der Waals surface area contributed by atoms with E-state index in [1.807, 2.05) is 17.5 Å². The number of halogens is 1. The van der Waals surface area contributed by atoms with E-state index in [4.69, 9.17) is 11.6 Å². The highest BCUT2D eigenvalue weighted by Crippen LogP contribution is 2.13. The van der Waals surface area contributed by atoms with Crippen LogP contribution in [0.2, 0.25) is 5.02 Å². The SMILES string of the molecule is O=C(NCc1cccs1)N1CCN(C(=O)c2ccc(Cl)cc2)CC1. The number of thiophene rings is 1. The number of hydrogen-bond donors (Lipinski definition) is 1. The van der Waals surface area contributed by atoms with Gasteiger partial charge in [0.05, 0.1) is 6.54 Å². The molecule has 0 atom stereocenters. The zero-order chi connectivity index (χ0) is 16.9. The maximum absolute atomic E-state index is 12.4. The van der Waals surface area contributed by atoms with Crippen molar-refractivity contribution in [3.8, 4) is 0 Å². The summed E-state index contributed by atoms with van der Waals surface area (Å²) in [5.74, 6) is -0.0229. The molecule has 24 heavy (non-hydrogen) atoms. The van der Waals surface area contributed by atoms with Gasteiger partial charge >= 0.3 is 6.03 Å². The van der Waals surface area contributed by atoms with E-state index in [1.165, 1.54) is 0 Å². The number of nitrogens with zero attached hydrogens (tertiary/aromatic N) is 2. The summed E-state index contributed by atoms with van der Waals surface area (Å²) in [4.78, 5) is 29.3. The molecule has 5 nitrogen and oxygen atoms in total. The van der Waals surface area contributed by atoms with Crippen LogP contribution in [0.25, 0.3) is 0 Å². The largest absolute Gasteiger partial charge is 0.335 e. The third-order valence-electron chi connectivity index (χ3n) is 3.94. The van der Waals surface area contributed by atoms with E-state index in [1.54, 1.807) is 45.4 Å². The van der Waals surface area contributed by atoms with Gasteiger partial charge in [0.1, 0.15) is 0 Å². The van der Waals surface area contributed by atoms with Gasteiger partial charge in [0.15, 0.2) is 0 Å². The summed E-state index contributed by atoms with van der Waals surface area (Å²) in [5, 5.41) is 5.51. The van der Waals surface area contributed by atoms with Crippen LogP contribution >= 0.6 is 22.9 Å². The molecule has 2 aromatic rings. The van der Waals surface area contributed by atoms with Crippen molar-refractivity contribution in [2.75, 3.05) is 26.2 Å². The van der Waals surface area contributed by atoms with Gasteiger partial charge in [-0.1, -0.05) is 17.7 Å². The number of urea groups is 1. The summed E-state index contributed by atoms with van der Waals surface area (Å²) >= 11 is 7.47. The number of benzene rings is 1. The van der Waals surface area contributed by atoms with Crippen molar-refractivity contribution in [3.05, 3.63) is 57.2 Å². The summed E-state index contributed by atoms with van der Waals surface area (Å²) in [6.45, 7) is 2.69. The van der Waals surface area contributed by atoms with Crippen LogP contribution in [-0.4, -0.2) is 47.9 Å². The Morgan fingerprint density at radius 1 is 1.04 bits per heavy atom. The Bertz CT molecular complexity index is 695. The molecule has 0 bridgehead atoms. The molecule has 1 fully saturated rings. The lowest BCUT2D eigenvalue weighted by Crippen LogP contribution is -2.53. The van der Waals surface area contributed by atoms with Crippen molar-refractivity contribution >= 4 is 34.9 Å². The maximum atomic E-state index is 12.4. The molecule has 0 spiro atoms. The van der Waals surface area contributed by atoms with Crippen LogP contribution < -0.4 is 5.32 Å². The predicted molar refractivity (Wildman–Crippen MR) is 95.5 cm³/mol. The molecule has 0 saturated carbocycles. The Morgan fingerprint density at radius 3 is 2.33 bits per heavy atom. The van der Waals surface area contributed by atoms with E-state index >= 15 is 0 Å². The average molecular weight is 364 g/mol. The van der Waals surface area contributed by atoms with E-state index < -0.39 is 0 Å². The predicted octanol–water partition coefficient (Wildman–Crippen LogP) is 3.07. The maximum Gasteiger partial charge on any atom is 0.317 e. The molecule has 3 rings (SSSR count). The number of piperazine rings is 1. The van der Waals surface area contributed by atoms with Crippen LogP contribution in [0.3, 0.4) is 0 Å². The van der Waals surface area contributed by atoms with Crippen LogP contribution in [0.1, 0.15) is 15.2 Å². The van der Waals surface area contributed by atoms with Crippen LogP contribution in [0, 0.1) is 0 Å². The third-order valence-corrected chi connectivity index (χ3v) is 5.07. The normalized spacial score (nSPS) is 14.5. The lowest BCUT2D eigenvalue weighted by Gasteiger charge is -2.34. The van der Waals surface area contributed by atoms with E-state index in [9.17, 15) is 9.59 Å². The molecule has 0 unspecified atom stereocenters. The van der Waals surface area contributed by atoms with Crippen molar-refractivity contribution in [1.29, 1.82) is 0 Å². The second-order valence-corrected chi connectivity index (χ2v) is 6.99. The lowest BCUT2D eigenvalue weighted by molar-refractivity contribution is 0.0665. The van der Waals surface area contributed by atoms with Gasteiger partial charge in [-0.3, -0.25) is 4.79 Å². The number of carbonyl (C=O) groups excluding carboxylic acids is 2. The first kappa shape index (κ1) is 16.8. The highest BCUT2D eigenvalue weighted by Gasteiger charge is 2.24. The van der Waals surface area contributed by atoms with Gasteiger partial charge in [-0.25, -0.2) is 4.79 Å². The van der Waals surface area contributed by atoms with Crippen molar-refractivity contribution in [1.82, 2.24) is 15.1 Å². The molecule has 0 radical (unpaired) electrons. The fraction of sp³-hybridized carbons (Fsp3) is 0.294. The smallest absolute Gasteiger partial charge is 0.317 e. The summed E-state index contributed by atoms with van der Waals surface area (Å²) in [6, 6.07) is 10.8. The molecular formula is C17H18ClN3O2S. The Morgan fingerprint density at radius 2 is 1.71 bits per heavy atom. The van der Waals surface area contributed by atoms with Gasteiger partial charge < -0.3 is 15.1 Å². The number of hydrogen-bond acceptors (Lipinski definition) is 3. The van der Waals surface area contributed by atoms with Crippen LogP contribution in [0.4, 0.5) is 4.79 Å². The second-order valence-electron chi connectivity index (χ2n) is 5.52. The molecule has 1 aliphatic heterocycles. The Balaban J connectivity index is 1.49. The average Bonchev–Trinajstić information content (AvgIpc) is 3.13. The summed E-state index contributed by atoms with van der Waals surface area (Å²) < 4.78 is 0. The minimum atomic E-state index is -0.0815. The first-order valence-electron chi connectivity index (χ1n) is 7.73. The minimum Gasteiger partial charge on any atom is -0.335 e. The first-order chi connectivity index (χ1) is 11.6. The molecule has 2 heterocycles. The van der Waals surface area contributed by atoms with Crippen molar-refractivity contribution in [2.45, 2.75) is 6.54 Å². The fourth-order valence-electron chi connectivity index (χ4n) is 2.58. The Hall–Kier alpha value is -2.05. The molecular weight excluding hydrogens is 346 g/mol. The molecule has 1 aliphatic rings. The molecule has 1 saturated heterocycles. The number of amides is 3. The highest BCUT2D eigenvalue weighted by molar-refractivity contribution is 7.09. The molecule has 126 valence electrons. The minimum absolute atomic E-state index is 0.0229. The molecule has 1 N–H and O–H groups in total. The summed E-state index contributed by atoms with van der Waals surface area (Å²) in [6.07, 6.45) is 0. The quantitative estimate of drug-likeness (QED) is 0.911. The topological polar surface area (TPSA) is 52.7 Å². The van der Waals surface area contributed by atoms with Gasteiger partial charge in [0, 0.05) is 41.6 Å². The monoisotopic (exact) mass is 363 g/mol. The van der Waals surface area contributed by atoms with Gasteiger partial charge in [-0.2, -0.15) is 0 Å². The number of carbonyl (C=O) groups is 2. The molecule has 7 heteroatoms. The van der Waals surface area contributed by atoms with Crippen molar-refractivity contribution < 1.29 is 9.59 Å². The zero-order valence-electron chi connectivity index (χ0n) is 13.1. The van der Waals surface area contributed by atoms with Gasteiger partial charge in [0.25, 0.3) is 5.91 Å². The van der Waals surface area contributed by atoms with Crippen molar-refractivity contribution in [3.63, 3.8) is 0 Å². The summed E-state index contributed by atoms with van der Waals surface area (Å²) in [5.41, 5.74) is 0.620. The highest BCUT2D eigenvalue weighted by atomic mass is 35.5. The van der Waals surface area contributed by atoms with Gasteiger partial charge in [-0.05, 0) is 35.7 Å². The molecule has 0 aliphatic carbocycles. The summed E-state index contributed by atoms with van der Waals surface area (Å²) in [7, 11) is 0. The number of rotatable bonds is 3. The van der Waals surface area contributed by atoms with Gasteiger partial charge in [-0.15, -0.1) is 11.3 Å². The Kier molecular flexibility index (Phi) is 5.37. The van der Waals surface area contributed by atoms with Crippen LogP contribution in [-0.2, 0) is 6.54 Å². The lowest BCUT2D eigenvalue weighted by atomic mass is 10.2. The molecule has 3 amide bonds. The first-order valence-corrected chi connectivity index (χ1v) is 8.99. The van der Waals surface area contributed by atoms with Crippen molar-refractivity contribution in [2.24, 2.45) is 0 Å². The van der Waals surface area contributed by atoms with Crippen LogP contribution in [0.15, 0.2) is 41.8 Å². The van der Waals surface area contributed by atoms with E-state index in [0.717, 1.165) is 4.88 Å². The third kappa shape index (κ3) is 4.07. The molecule has 1 aromatic heterocycles. The zero-order valence-corrected chi connectivity index (χ0v) is 14.6. The fourth-order valence-corrected chi connectivity index (χ4v) is 3.35. The standard InChI is InChI=1S/C17H18ClN3O2S/c18-14-5-3-13(4-6-14)16(22)20-7-9-21(10-8-20)17(23)19-12-15-2-1-11-24-15/h1-6,11H,7-10,12H2,(H,19,23). The van der Waals surface area contributed by atoms with E-state index in [2.05, 4.69) is 5.32 Å². The Labute approximate surface area is 149 Å². The molecule has 1 aromatic carbocycles. The van der Waals surface area contributed by atoms with Gasteiger partial charge in [0.2, 0.25) is 0 Å². The number of nitrogens with one attached hydrogen (secondary N) is 1. The second kappa shape index (κ2) is 7.68. The van der Waals surface area contributed by atoms with E-state index in [-0.39, 0.29) is 11.9 Å².